The minimum absolute atomic E-state index is 0.151. The topological polar surface area (TPSA) is 269 Å². The number of sulfonamides is 2. The van der Waals surface area contributed by atoms with Crippen molar-refractivity contribution in [1.82, 2.24) is 59.9 Å². The van der Waals surface area contributed by atoms with Crippen molar-refractivity contribution in [3.05, 3.63) is 138 Å². The van der Waals surface area contributed by atoms with E-state index in [1.54, 1.807) is 76.5 Å². The smallest absolute Gasteiger partial charge is 0.263 e. The third-order valence-electron chi connectivity index (χ3n) is 8.78. The van der Waals surface area contributed by atoms with E-state index >= 15 is 0 Å². The molecule has 5 N–H and O–H groups in total. The van der Waals surface area contributed by atoms with E-state index in [0.717, 1.165) is 61.5 Å². The van der Waals surface area contributed by atoms with Crippen LogP contribution in [-0.4, -0.2) is 76.7 Å². The Hall–Kier alpha value is -7.32. The Morgan fingerprint density at radius 1 is 0.554 bits per heavy atom. The summed E-state index contributed by atoms with van der Waals surface area (Å²) in [5.74, 6) is 1.04. The Morgan fingerprint density at radius 3 is 1.55 bits per heavy atom. The van der Waals surface area contributed by atoms with E-state index in [1.165, 1.54) is 24.3 Å². The molecule has 8 heterocycles. The highest BCUT2D eigenvalue weighted by Gasteiger charge is 2.18. The number of pyridine rings is 4. The molecule has 0 aliphatic heterocycles. The summed E-state index contributed by atoms with van der Waals surface area (Å²) in [7, 11) is -3.56. The quantitative estimate of drug-likeness (QED) is 0.106. The van der Waals surface area contributed by atoms with E-state index in [1.807, 2.05) is 57.0 Å². The number of fused-ring (bicyclic) bond motifs is 2. The first-order valence-corrected chi connectivity index (χ1v) is 24.2. The van der Waals surface area contributed by atoms with Gasteiger partial charge >= 0.3 is 0 Å². The zero-order valence-electron chi connectivity index (χ0n) is 33.8. The van der Waals surface area contributed by atoms with Crippen LogP contribution in [0.4, 0.5) is 27.0 Å². The highest BCUT2D eigenvalue weighted by atomic mass is 79.9. The molecule has 65 heavy (non-hydrogen) atoms. The van der Waals surface area contributed by atoms with Crippen LogP contribution in [0.1, 0.15) is 0 Å². The zero-order valence-corrected chi connectivity index (χ0v) is 38.6. The standard InChI is InChI=1S/C20H16N8O2S2.C12H11N5.C8H6BrN3O2S2/c1-28-12-14(11-22-28)13-9-17-16(21-10-13)7-8-18(23-17)24-19-25-26-20(31-19)27-32(29,30)15-5-3-2-4-6-15;1-17-7-9(6-15-17)8-4-11-10(14-5-8)2-3-12(13)16-11;9-7-10-11-8(15-7)12-16(13,14)6-4-2-1-3-5-6/h2-12H,1H3,(H,26,27)(H,23,24,25);2-7H,1H3,(H2,13,16);1-5H,(H,11,12). The van der Waals surface area contributed by atoms with Crippen molar-refractivity contribution in [2.24, 2.45) is 14.1 Å². The molecule has 328 valence electrons. The van der Waals surface area contributed by atoms with Gasteiger partial charge in [-0.15, -0.1) is 20.4 Å². The molecule has 0 unspecified atom stereocenters. The SMILES string of the molecule is Cn1cc(-c2cnc3ccc(N)nc3c2)cn1.Cn1cc(-c2cnc3ccc(Nc4nnc(NS(=O)(=O)c5ccccc5)s4)nc3c2)cn1.O=S(=O)(Nc1nnc(Br)s1)c1ccccc1. The van der Waals surface area contributed by atoms with Crippen molar-refractivity contribution < 1.29 is 16.8 Å². The van der Waals surface area contributed by atoms with Crippen molar-refractivity contribution in [1.29, 1.82) is 0 Å². The highest BCUT2D eigenvalue weighted by molar-refractivity contribution is 9.11. The van der Waals surface area contributed by atoms with Crippen molar-refractivity contribution in [3.8, 4) is 22.3 Å². The number of aryl methyl sites for hydroxylation is 2. The molecule has 0 bridgehead atoms. The second kappa shape index (κ2) is 19.2. The first kappa shape index (κ1) is 44.3. The number of rotatable bonds is 10. The Balaban J connectivity index is 0.000000147. The molecular weight excluding hydrogens is 977 g/mol. The molecule has 0 radical (unpaired) electrons. The molecule has 0 atom stereocenters. The summed E-state index contributed by atoms with van der Waals surface area (Å²) in [6.07, 6.45) is 11.0. The molecule has 20 nitrogen and oxygen atoms in total. The number of hydrogen-bond acceptors (Lipinski definition) is 18. The average molecular weight is 1010 g/mol. The van der Waals surface area contributed by atoms with E-state index in [2.05, 4.69) is 81.2 Å². The van der Waals surface area contributed by atoms with Gasteiger partial charge in [-0.25, -0.2) is 26.8 Å². The van der Waals surface area contributed by atoms with Gasteiger partial charge < -0.3 is 11.1 Å². The number of nitrogens with one attached hydrogen (secondary N) is 3. The van der Waals surface area contributed by atoms with Gasteiger partial charge in [0.25, 0.3) is 20.0 Å². The molecule has 0 saturated heterocycles. The van der Waals surface area contributed by atoms with Gasteiger partial charge in [0.05, 0.1) is 44.3 Å². The first-order chi connectivity index (χ1) is 31.3. The molecular formula is C40H33BrN16O4S4. The van der Waals surface area contributed by atoms with Gasteiger partial charge in [0.15, 0.2) is 3.92 Å². The van der Waals surface area contributed by atoms with E-state index in [9.17, 15) is 16.8 Å². The van der Waals surface area contributed by atoms with Crippen molar-refractivity contribution >= 4 is 108 Å². The minimum atomic E-state index is -3.73. The first-order valence-electron chi connectivity index (χ1n) is 18.8. The van der Waals surface area contributed by atoms with Crippen LogP contribution < -0.4 is 20.5 Å². The van der Waals surface area contributed by atoms with E-state index in [0.29, 0.717) is 26.2 Å². The van der Waals surface area contributed by atoms with Crippen molar-refractivity contribution in [2.75, 3.05) is 20.5 Å². The van der Waals surface area contributed by atoms with Gasteiger partial charge in [0, 0.05) is 61.1 Å². The van der Waals surface area contributed by atoms with E-state index in [-0.39, 0.29) is 20.1 Å². The maximum atomic E-state index is 12.4. The van der Waals surface area contributed by atoms with Crippen LogP contribution in [0.3, 0.4) is 0 Å². The summed E-state index contributed by atoms with van der Waals surface area (Å²) in [4.78, 5) is 18.0. The summed E-state index contributed by atoms with van der Waals surface area (Å²) in [5, 5.41) is 27.4. The van der Waals surface area contributed by atoms with E-state index in [4.69, 9.17) is 5.73 Å². The lowest BCUT2D eigenvalue weighted by Crippen LogP contribution is -2.12. The lowest BCUT2D eigenvalue weighted by atomic mass is 10.1. The van der Waals surface area contributed by atoms with Gasteiger partial charge in [0.2, 0.25) is 15.4 Å². The molecule has 0 spiro atoms. The number of anilines is 5. The molecule has 0 amide bonds. The maximum Gasteiger partial charge on any atom is 0.263 e. The number of nitrogens with two attached hydrogens (primary N) is 1. The molecule has 8 aromatic heterocycles. The van der Waals surface area contributed by atoms with Gasteiger partial charge in [0.1, 0.15) is 11.6 Å². The van der Waals surface area contributed by atoms with Crippen LogP contribution >= 0.6 is 38.6 Å². The zero-order chi connectivity index (χ0) is 45.6. The largest absolute Gasteiger partial charge is 0.384 e. The molecule has 25 heteroatoms. The van der Waals surface area contributed by atoms with Gasteiger partial charge in [-0.3, -0.25) is 28.8 Å². The molecule has 0 aliphatic carbocycles. The van der Waals surface area contributed by atoms with Crippen LogP contribution in [0, 0.1) is 0 Å². The fraction of sp³-hybridized carbons (Fsp3) is 0.0500. The van der Waals surface area contributed by atoms with E-state index < -0.39 is 20.0 Å². The summed E-state index contributed by atoms with van der Waals surface area (Å²) >= 11 is 5.29. The molecule has 10 aromatic rings. The van der Waals surface area contributed by atoms with Crippen molar-refractivity contribution in [2.45, 2.75) is 9.79 Å². The summed E-state index contributed by atoms with van der Waals surface area (Å²) in [5.41, 5.74) is 12.6. The van der Waals surface area contributed by atoms with Crippen molar-refractivity contribution in [3.63, 3.8) is 0 Å². The number of nitrogen functional groups attached to an aromatic ring is 1. The monoisotopic (exact) mass is 1010 g/mol. The predicted octanol–water partition coefficient (Wildman–Crippen LogP) is 7.14. The van der Waals surface area contributed by atoms with Crippen LogP contribution in [0.5, 0.6) is 0 Å². The Morgan fingerprint density at radius 2 is 1.05 bits per heavy atom. The fourth-order valence-electron chi connectivity index (χ4n) is 5.77. The van der Waals surface area contributed by atoms with Crippen LogP contribution in [0.25, 0.3) is 44.3 Å². The summed E-state index contributed by atoms with van der Waals surface area (Å²) < 4.78 is 57.3. The fourth-order valence-corrected chi connectivity index (χ4v) is 9.94. The number of nitrogens with zero attached hydrogens (tertiary/aromatic N) is 12. The second-order valence-electron chi connectivity index (χ2n) is 13.5. The third-order valence-corrected chi connectivity index (χ3v) is 13.8. The lowest BCUT2D eigenvalue weighted by Gasteiger charge is -2.05. The van der Waals surface area contributed by atoms with Crippen LogP contribution in [0.2, 0.25) is 0 Å². The Kier molecular flexibility index (Phi) is 13.1. The predicted molar refractivity (Wildman–Crippen MR) is 253 cm³/mol. The highest BCUT2D eigenvalue weighted by Crippen LogP contribution is 2.28. The van der Waals surface area contributed by atoms with Gasteiger partial charge in [-0.2, -0.15) is 10.2 Å². The molecule has 10 rings (SSSR count). The number of aromatic nitrogens is 12. The Labute approximate surface area is 387 Å². The molecule has 0 fully saturated rings. The van der Waals surface area contributed by atoms with Crippen LogP contribution in [-0.2, 0) is 34.1 Å². The van der Waals surface area contributed by atoms with Gasteiger partial charge in [-0.05, 0) is 76.6 Å². The van der Waals surface area contributed by atoms with Gasteiger partial charge in [-0.1, -0.05) is 59.1 Å². The minimum Gasteiger partial charge on any atom is -0.384 e. The number of hydrogen-bond donors (Lipinski definition) is 4. The summed E-state index contributed by atoms with van der Waals surface area (Å²) in [6.45, 7) is 0. The molecule has 0 aliphatic rings. The second-order valence-corrected chi connectivity index (χ2v) is 20.1. The number of benzene rings is 2. The van der Waals surface area contributed by atoms with Crippen LogP contribution in [0.15, 0.2) is 148 Å². The average Bonchev–Trinajstić information content (AvgIpc) is 4.13. The molecule has 2 aromatic carbocycles. The lowest BCUT2D eigenvalue weighted by molar-refractivity contribution is 0.599. The summed E-state index contributed by atoms with van der Waals surface area (Å²) in [6, 6.07) is 27.3. The molecule has 0 saturated carbocycles. The Bertz CT molecular complexity index is 3480. The third kappa shape index (κ3) is 11.3. The normalized spacial score (nSPS) is 11.3. The number of halogens is 1. The maximum absolute atomic E-state index is 12.4.